The van der Waals surface area contributed by atoms with Crippen molar-refractivity contribution in [3.8, 4) is 0 Å². The molecule has 0 saturated heterocycles. The molecular weight excluding hydrogens is 231 g/mol. The first-order valence-electron chi connectivity index (χ1n) is 5.10. The molecule has 0 aromatic heterocycles. The average molecular weight is 245 g/mol. The summed E-state index contributed by atoms with van der Waals surface area (Å²) in [5.74, 6) is 0.871. The summed E-state index contributed by atoms with van der Waals surface area (Å²) >= 11 is 8.80. The van der Waals surface area contributed by atoms with Gasteiger partial charge < -0.3 is 0 Å². The van der Waals surface area contributed by atoms with E-state index in [1.807, 2.05) is 0 Å². The molecule has 82 valence electrons. The maximum Gasteiger partial charge on any atom is 0.313 e. The second-order valence-electron chi connectivity index (χ2n) is 3.62. The summed E-state index contributed by atoms with van der Waals surface area (Å²) in [6, 6.07) is 10.9. The molecular formula is C12H14Cl2O. The van der Waals surface area contributed by atoms with E-state index in [2.05, 4.69) is 53.5 Å². The first-order chi connectivity index (χ1) is 7.20. The molecule has 2 rings (SSSR count). The van der Waals surface area contributed by atoms with E-state index in [9.17, 15) is 0 Å². The molecule has 0 N–H and O–H groups in total. The summed E-state index contributed by atoms with van der Waals surface area (Å²) in [5.41, 5.74) is 1.55. The second-order valence-corrected chi connectivity index (χ2v) is 4.50. The van der Waals surface area contributed by atoms with Gasteiger partial charge in [0.1, 0.15) is 0 Å². The van der Waals surface area contributed by atoms with E-state index < -0.39 is 4.70 Å². The molecule has 0 radical (unpaired) electrons. The highest BCUT2D eigenvalue weighted by molar-refractivity contribution is 6.93. The van der Waals surface area contributed by atoms with Crippen molar-refractivity contribution in [2.75, 3.05) is 0 Å². The lowest BCUT2D eigenvalue weighted by molar-refractivity contribution is 0.275. The summed E-state index contributed by atoms with van der Waals surface area (Å²) in [5, 5.41) is 0. The standard InChI is InChI=1S/C11H14.CCl2O/c1-2-6-10(7-3-1)11-8-4-5-9-11;2-1(3)4/h1-3,6-7,11H,4-5,8-9H2;. The Bertz CT molecular complexity index is 288. The van der Waals surface area contributed by atoms with E-state index in [1.54, 1.807) is 5.56 Å². The lowest BCUT2D eigenvalue weighted by Crippen LogP contribution is -1.89. The smallest absolute Gasteiger partial charge is 0.262 e. The van der Waals surface area contributed by atoms with Gasteiger partial charge in [-0.15, -0.1) is 0 Å². The van der Waals surface area contributed by atoms with Crippen molar-refractivity contribution in [3.05, 3.63) is 35.9 Å². The molecule has 1 saturated carbocycles. The van der Waals surface area contributed by atoms with Gasteiger partial charge in [0.15, 0.2) is 0 Å². The molecule has 0 amide bonds. The van der Waals surface area contributed by atoms with Gasteiger partial charge in [-0.2, -0.15) is 0 Å². The molecule has 1 aromatic carbocycles. The van der Waals surface area contributed by atoms with Crippen molar-refractivity contribution in [3.63, 3.8) is 0 Å². The van der Waals surface area contributed by atoms with Crippen molar-refractivity contribution in [2.24, 2.45) is 0 Å². The van der Waals surface area contributed by atoms with E-state index in [0.717, 1.165) is 5.92 Å². The minimum atomic E-state index is -0.889. The zero-order valence-electron chi connectivity index (χ0n) is 8.46. The van der Waals surface area contributed by atoms with Crippen molar-refractivity contribution in [1.82, 2.24) is 0 Å². The minimum Gasteiger partial charge on any atom is -0.262 e. The Balaban J connectivity index is 0.000000245. The molecule has 1 aliphatic carbocycles. The number of halogens is 2. The second kappa shape index (κ2) is 6.86. The van der Waals surface area contributed by atoms with Gasteiger partial charge in [0.2, 0.25) is 0 Å². The monoisotopic (exact) mass is 244 g/mol. The molecule has 1 fully saturated rings. The first kappa shape index (κ1) is 12.5. The van der Waals surface area contributed by atoms with E-state index in [4.69, 9.17) is 4.79 Å². The summed E-state index contributed by atoms with van der Waals surface area (Å²) in [4.78, 5) is 8.98. The van der Waals surface area contributed by atoms with Crippen LogP contribution in [-0.2, 0) is 0 Å². The SMILES string of the molecule is O=C(Cl)Cl.c1ccc(C2CCCC2)cc1. The Morgan fingerprint density at radius 3 is 2.00 bits per heavy atom. The molecule has 0 bridgehead atoms. The molecule has 0 spiro atoms. The van der Waals surface area contributed by atoms with Crippen LogP contribution in [0, 0.1) is 0 Å². The fourth-order valence-electron chi connectivity index (χ4n) is 1.98. The van der Waals surface area contributed by atoms with Crippen LogP contribution >= 0.6 is 23.2 Å². The molecule has 1 aliphatic rings. The van der Waals surface area contributed by atoms with Gasteiger partial charge in [-0.05, 0) is 47.5 Å². The fraction of sp³-hybridized carbons (Fsp3) is 0.417. The normalized spacial score (nSPS) is 15.6. The van der Waals surface area contributed by atoms with Crippen LogP contribution in [0.2, 0.25) is 0 Å². The predicted molar refractivity (Wildman–Crippen MR) is 64.8 cm³/mol. The Labute approximate surface area is 100 Å². The van der Waals surface area contributed by atoms with Crippen LogP contribution in [0.5, 0.6) is 0 Å². The highest BCUT2D eigenvalue weighted by atomic mass is 35.5. The zero-order valence-corrected chi connectivity index (χ0v) is 9.97. The van der Waals surface area contributed by atoms with Crippen LogP contribution in [0.3, 0.4) is 0 Å². The predicted octanol–water partition coefficient (Wildman–Crippen LogP) is 4.93. The third-order valence-corrected chi connectivity index (χ3v) is 2.63. The molecule has 3 heteroatoms. The number of carbonyl (C=O) groups is 1. The Kier molecular flexibility index (Phi) is 5.74. The van der Waals surface area contributed by atoms with E-state index in [-0.39, 0.29) is 0 Å². The van der Waals surface area contributed by atoms with Crippen LogP contribution in [0.25, 0.3) is 0 Å². The fourth-order valence-corrected chi connectivity index (χ4v) is 1.98. The third-order valence-electron chi connectivity index (χ3n) is 2.63. The molecule has 0 heterocycles. The largest absolute Gasteiger partial charge is 0.313 e. The highest BCUT2D eigenvalue weighted by Gasteiger charge is 2.15. The maximum absolute atomic E-state index is 8.98. The van der Waals surface area contributed by atoms with Gasteiger partial charge in [0.05, 0.1) is 0 Å². The van der Waals surface area contributed by atoms with Gasteiger partial charge in [-0.25, -0.2) is 0 Å². The number of rotatable bonds is 1. The summed E-state index contributed by atoms with van der Waals surface area (Å²) < 4.78 is -0.889. The van der Waals surface area contributed by atoms with E-state index >= 15 is 0 Å². The lowest BCUT2D eigenvalue weighted by Gasteiger charge is -2.07. The van der Waals surface area contributed by atoms with Crippen LogP contribution in [0.4, 0.5) is 4.79 Å². The highest BCUT2D eigenvalue weighted by Crippen LogP contribution is 2.33. The van der Waals surface area contributed by atoms with Crippen LogP contribution in [-0.4, -0.2) is 4.70 Å². The van der Waals surface area contributed by atoms with Gasteiger partial charge in [0.25, 0.3) is 0 Å². The summed E-state index contributed by atoms with van der Waals surface area (Å²) in [7, 11) is 0. The van der Waals surface area contributed by atoms with Crippen LogP contribution < -0.4 is 0 Å². The zero-order chi connectivity index (χ0) is 11.1. The van der Waals surface area contributed by atoms with Crippen molar-refractivity contribution in [2.45, 2.75) is 31.6 Å². The van der Waals surface area contributed by atoms with Gasteiger partial charge in [-0.1, -0.05) is 43.2 Å². The molecule has 0 atom stereocenters. The molecule has 0 unspecified atom stereocenters. The maximum atomic E-state index is 8.98. The molecule has 15 heavy (non-hydrogen) atoms. The van der Waals surface area contributed by atoms with E-state index in [1.165, 1.54) is 25.7 Å². The van der Waals surface area contributed by atoms with Gasteiger partial charge in [-0.3, -0.25) is 4.79 Å². The van der Waals surface area contributed by atoms with Crippen molar-refractivity contribution < 1.29 is 4.79 Å². The van der Waals surface area contributed by atoms with Crippen LogP contribution in [0.1, 0.15) is 37.2 Å². The number of benzene rings is 1. The molecule has 0 aliphatic heterocycles. The minimum absolute atomic E-state index is 0.871. The Hall–Kier alpha value is -0.530. The number of carbonyl (C=O) groups excluding carboxylic acids is 1. The third kappa shape index (κ3) is 5.19. The molecule has 1 aromatic rings. The topological polar surface area (TPSA) is 17.1 Å². The molecule has 1 nitrogen and oxygen atoms in total. The van der Waals surface area contributed by atoms with Gasteiger partial charge >= 0.3 is 4.70 Å². The van der Waals surface area contributed by atoms with Crippen molar-refractivity contribution >= 4 is 27.9 Å². The number of hydrogen-bond acceptors (Lipinski definition) is 1. The first-order valence-corrected chi connectivity index (χ1v) is 5.85. The number of hydrogen-bond donors (Lipinski definition) is 0. The Morgan fingerprint density at radius 2 is 1.53 bits per heavy atom. The summed E-state index contributed by atoms with van der Waals surface area (Å²) in [6.45, 7) is 0. The average Bonchev–Trinajstić information content (AvgIpc) is 2.71. The quantitative estimate of drug-likeness (QED) is 0.641. The van der Waals surface area contributed by atoms with Crippen molar-refractivity contribution in [1.29, 1.82) is 0 Å². The van der Waals surface area contributed by atoms with E-state index in [0.29, 0.717) is 0 Å². The summed E-state index contributed by atoms with van der Waals surface area (Å²) in [6.07, 6.45) is 5.67. The van der Waals surface area contributed by atoms with Crippen LogP contribution in [0.15, 0.2) is 30.3 Å². The Morgan fingerprint density at radius 1 is 1.07 bits per heavy atom. The van der Waals surface area contributed by atoms with Gasteiger partial charge in [0, 0.05) is 0 Å². The lowest BCUT2D eigenvalue weighted by atomic mass is 9.98.